The summed E-state index contributed by atoms with van der Waals surface area (Å²) in [5, 5.41) is 6.73. The summed E-state index contributed by atoms with van der Waals surface area (Å²) in [7, 11) is 0. The Morgan fingerprint density at radius 2 is 2.00 bits per heavy atom. The molecule has 2 aromatic heterocycles. The summed E-state index contributed by atoms with van der Waals surface area (Å²) in [6.45, 7) is 6.11. The number of benzene rings is 1. The van der Waals surface area contributed by atoms with E-state index in [9.17, 15) is 9.59 Å². The first-order chi connectivity index (χ1) is 19.9. The van der Waals surface area contributed by atoms with E-state index in [1.165, 1.54) is 49.3 Å². The maximum absolute atomic E-state index is 12.8. The van der Waals surface area contributed by atoms with Crippen LogP contribution in [0.2, 0.25) is 5.02 Å². The smallest absolute Gasteiger partial charge is 0.279 e. The molecule has 216 valence electrons. The van der Waals surface area contributed by atoms with Gasteiger partial charge in [-0.2, -0.15) is 0 Å². The van der Waals surface area contributed by atoms with E-state index in [0.29, 0.717) is 34.0 Å². The Hall–Kier alpha value is -3.47. The molecular formula is C30H34ClN5O4S. The number of ether oxygens (including phenoxy) is 2. The van der Waals surface area contributed by atoms with Crippen LogP contribution in [-0.4, -0.2) is 65.5 Å². The highest BCUT2D eigenvalue weighted by Crippen LogP contribution is 2.35. The van der Waals surface area contributed by atoms with Crippen LogP contribution in [-0.2, 0) is 0 Å². The third-order valence-corrected chi connectivity index (χ3v) is 8.00. The second kappa shape index (κ2) is 13.9. The normalized spacial score (nSPS) is 16.0. The lowest BCUT2D eigenvalue weighted by Gasteiger charge is -2.14. The molecule has 1 saturated heterocycles. The summed E-state index contributed by atoms with van der Waals surface area (Å²) in [4.78, 5) is 37.0. The Bertz CT molecular complexity index is 1390. The van der Waals surface area contributed by atoms with Crippen molar-refractivity contribution in [3.63, 3.8) is 0 Å². The maximum atomic E-state index is 12.8. The van der Waals surface area contributed by atoms with Gasteiger partial charge in [-0.15, -0.1) is 0 Å². The minimum atomic E-state index is -0.289. The van der Waals surface area contributed by atoms with Crippen LogP contribution in [0, 0.1) is 5.92 Å². The second-order valence-electron chi connectivity index (χ2n) is 10.3. The van der Waals surface area contributed by atoms with Crippen molar-refractivity contribution in [1.29, 1.82) is 0 Å². The van der Waals surface area contributed by atoms with Crippen molar-refractivity contribution in [2.45, 2.75) is 38.6 Å². The van der Waals surface area contributed by atoms with Gasteiger partial charge >= 0.3 is 0 Å². The molecule has 3 aromatic rings. The average Bonchev–Trinajstić information content (AvgIpc) is 3.44. The van der Waals surface area contributed by atoms with Gasteiger partial charge in [-0.3, -0.25) is 14.6 Å². The van der Waals surface area contributed by atoms with Gasteiger partial charge in [-0.05, 0) is 82.0 Å². The van der Waals surface area contributed by atoms with E-state index in [-0.39, 0.29) is 23.6 Å². The van der Waals surface area contributed by atoms with E-state index < -0.39 is 0 Å². The summed E-state index contributed by atoms with van der Waals surface area (Å²) in [6.07, 6.45) is 11.8. The lowest BCUT2D eigenvalue weighted by Crippen LogP contribution is -2.34. The highest BCUT2D eigenvalue weighted by molar-refractivity contribution is 7.14. The van der Waals surface area contributed by atoms with E-state index in [4.69, 9.17) is 21.1 Å². The van der Waals surface area contributed by atoms with Gasteiger partial charge in [0.2, 0.25) is 0 Å². The third kappa shape index (κ3) is 8.76. The van der Waals surface area contributed by atoms with Crippen molar-refractivity contribution in [3.8, 4) is 16.7 Å². The van der Waals surface area contributed by atoms with Gasteiger partial charge in [0.1, 0.15) is 17.2 Å². The zero-order chi connectivity index (χ0) is 28.6. The number of aromatic nitrogens is 2. The number of nitrogens with one attached hydrogen (secondary N) is 2. The molecule has 0 spiro atoms. The second-order valence-corrected chi connectivity index (χ2v) is 11.8. The molecule has 1 aliphatic heterocycles. The van der Waals surface area contributed by atoms with Crippen LogP contribution in [0.15, 0.2) is 48.8 Å². The Kier molecular flexibility index (Phi) is 9.87. The molecule has 3 heterocycles. The molecule has 2 amide bonds. The van der Waals surface area contributed by atoms with Crippen molar-refractivity contribution in [2.24, 2.45) is 5.92 Å². The van der Waals surface area contributed by atoms with E-state index in [1.54, 1.807) is 24.4 Å². The Morgan fingerprint density at radius 3 is 2.78 bits per heavy atom. The molecular weight excluding hydrogens is 562 g/mol. The topological polar surface area (TPSA) is 106 Å². The molecule has 11 heteroatoms. The molecule has 1 aromatic carbocycles. The van der Waals surface area contributed by atoms with Crippen LogP contribution in [0.1, 0.15) is 58.3 Å². The molecule has 2 N–H and O–H groups in total. The summed E-state index contributed by atoms with van der Waals surface area (Å²) >= 11 is 7.74. The largest absolute Gasteiger partial charge is 0.493 e. The first-order valence-corrected chi connectivity index (χ1v) is 15.1. The molecule has 2 fully saturated rings. The number of hydrogen-bond acceptors (Lipinski definition) is 8. The number of likely N-dealkylation sites (tertiary alicyclic amines) is 1. The van der Waals surface area contributed by atoms with Crippen LogP contribution in [0.25, 0.3) is 6.08 Å². The minimum Gasteiger partial charge on any atom is -0.493 e. The predicted molar refractivity (Wildman–Crippen MR) is 160 cm³/mol. The number of carbonyl (C=O) groups excluding carboxylic acids is 2. The number of rotatable bonds is 13. The van der Waals surface area contributed by atoms with Crippen molar-refractivity contribution in [1.82, 2.24) is 25.5 Å². The van der Waals surface area contributed by atoms with Crippen molar-refractivity contribution < 1.29 is 19.1 Å². The van der Waals surface area contributed by atoms with Crippen molar-refractivity contribution in [2.75, 3.05) is 32.8 Å². The number of pyridine rings is 1. The van der Waals surface area contributed by atoms with Crippen LogP contribution in [0.3, 0.4) is 0 Å². The first kappa shape index (κ1) is 29.0. The van der Waals surface area contributed by atoms with Crippen LogP contribution >= 0.6 is 22.9 Å². The molecule has 41 heavy (non-hydrogen) atoms. The lowest BCUT2D eigenvalue weighted by molar-refractivity contribution is 0.0944. The molecule has 9 nitrogen and oxygen atoms in total. The molecule has 1 aliphatic carbocycles. The summed E-state index contributed by atoms with van der Waals surface area (Å²) in [5.41, 5.74) is 0.597. The highest BCUT2D eigenvalue weighted by atomic mass is 35.5. The van der Waals surface area contributed by atoms with Gasteiger partial charge in [0, 0.05) is 43.2 Å². The average molecular weight is 596 g/mol. The Labute approximate surface area is 248 Å². The zero-order valence-electron chi connectivity index (χ0n) is 23.0. The SMILES string of the molecule is C[C@@H](C=Cc1cnc(Oc2ccc(OCC3CC3)cc2Cl)s1)NC(=O)c1ccnc(C(=O)NCCN2CCCC2)c1. The first-order valence-electron chi connectivity index (χ1n) is 13.9. The van der Waals surface area contributed by atoms with Crippen LogP contribution in [0.4, 0.5) is 0 Å². The standard InChI is InChI=1S/C30H34ClN5O4S/c1-20(35-28(37)22-10-11-32-26(16-22)29(38)33-12-15-36-13-2-3-14-36)4-8-24-18-34-30(41-24)40-27-9-7-23(17-25(27)31)39-19-21-5-6-21/h4,7-11,16-18,20-21H,2-3,5-6,12-15,19H2,1H3,(H,33,38)(H,35,37)/t20-/m0/s1. The van der Waals surface area contributed by atoms with Crippen LogP contribution in [0.5, 0.6) is 16.7 Å². The summed E-state index contributed by atoms with van der Waals surface area (Å²) in [5.74, 6) is 1.33. The number of thiazole rings is 1. The monoisotopic (exact) mass is 595 g/mol. The van der Waals surface area contributed by atoms with Gasteiger partial charge in [0.15, 0.2) is 0 Å². The van der Waals surface area contributed by atoms with E-state index in [1.807, 2.05) is 25.1 Å². The summed E-state index contributed by atoms with van der Waals surface area (Å²) < 4.78 is 11.6. The fourth-order valence-electron chi connectivity index (χ4n) is 4.34. The van der Waals surface area contributed by atoms with E-state index >= 15 is 0 Å². The Balaban J connectivity index is 1.09. The molecule has 2 aliphatic rings. The zero-order valence-corrected chi connectivity index (χ0v) is 24.5. The van der Waals surface area contributed by atoms with Gasteiger partial charge in [0.05, 0.1) is 16.5 Å². The summed E-state index contributed by atoms with van der Waals surface area (Å²) in [6, 6.07) is 8.22. The number of nitrogens with zero attached hydrogens (tertiary/aromatic N) is 3. The van der Waals surface area contributed by atoms with E-state index in [0.717, 1.165) is 36.9 Å². The van der Waals surface area contributed by atoms with Gasteiger partial charge < -0.3 is 25.0 Å². The molecule has 0 unspecified atom stereocenters. The van der Waals surface area contributed by atoms with Gasteiger partial charge in [-0.1, -0.05) is 29.0 Å². The number of amides is 2. The maximum Gasteiger partial charge on any atom is 0.279 e. The fraction of sp³-hybridized carbons (Fsp3) is 0.400. The molecule has 0 radical (unpaired) electrons. The lowest BCUT2D eigenvalue weighted by atomic mass is 10.2. The number of halogens is 1. The molecule has 1 atom stereocenters. The molecule has 5 rings (SSSR count). The van der Waals surface area contributed by atoms with Crippen molar-refractivity contribution in [3.05, 3.63) is 70.0 Å². The van der Waals surface area contributed by atoms with Gasteiger partial charge in [0.25, 0.3) is 17.0 Å². The highest BCUT2D eigenvalue weighted by Gasteiger charge is 2.22. The third-order valence-electron chi connectivity index (χ3n) is 6.86. The number of hydrogen-bond donors (Lipinski definition) is 2. The van der Waals surface area contributed by atoms with Crippen molar-refractivity contribution >= 4 is 40.8 Å². The fourth-order valence-corrected chi connectivity index (χ4v) is 5.24. The van der Waals surface area contributed by atoms with E-state index in [2.05, 4.69) is 25.5 Å². The molecule has 0 bridgehead atoms. The Morgan fingerprint density at radius 1 is 1.17 bits per heavy atom. The quantitative estimate of drug-likeness (QED) is 0.271. The van der Waals surface area contributed by atoms with Gasteiger partial charge in [-0.25, -0.2) is 4.98 Å². The minimum absolute atomic E-state index is 0.222. The van der Waals surface area contributed by atoms with Crippen LogP contribution < -0.4 is 20.1 Å². The number of carbonyl (C=O) groups is 2. The predicted octanol–water partition coefficient (Wildman–Crippen LogP) is 5.43. The molecule has 1 saturated carbocycles.